The monoisotopic (exact) mass is 433 g/mol. The first-order chi connectivity index (χ1) is 15.3. The lowest BCUT2D eigenvalue weighted by Gasteiger charge is -2.58. The summed E-state index contributed by atoms with van der Waals surface area (Å²) >= 11 is 0. The van der Waals surface area contributed by atoms with E-state index in [0.29, 0.717) is 24.2 Å². The quantitative estimate of drug-likeness (QED) is 0.704. The van der Waals surface area contributed by atoms with Crippen LogP contribution in [0.15, 0.2) is 42.4 Å². The van der Waals surface area contributed by atoms with Gasteiger partial charge in [0.1, 0.15) is 6.54 Å². The van der Waals surface area contributed by atoms with E-state index >= 15 is 0 Å². The number of nitrogens with zero attached hydrogens (tertiary/aromatic N) is 3. The summed E-state index contributed by atoms with van der Waals surface area (Å²) in [7, 11) is 3.52. The number of likely N-dealkylation sites (tertiary alicyclic amines) is 1. The highest BCUT2D eigenvalue weighted by Gasteiger charge is 2.58. The summed E-state index contributed by atoms with van der Waals surface area (Å²) < 4.78 is 0. The first kappa shape index (κ1) is 21.4. The predicted molar refractivity (Wildman–Crippen MR) is 125 cm³/mol. The molecule has 1 aromatic heterocycles. The zero-order chi connectivity index (χ0) is 22.7. The molecule has 0 N–H and O–H groups in total. The van der Waals surface area contributed by atoms with Crippen molar-refractivity contribution >= 4 is 17.4 Å². The van der Waals surface area contributed by atoms with Gasteiger partial charge in [-0.1, -0.05) is 26.0 Å². The van der Waals surface area contributed by atoms with Gasteiger partial charge in [-0.3, -0.25) is 14.6 Å². The number of rotatable bonds is 3. The third-order valence-electron chi connectivity index (χ3n) is 9.24. The average molecular weight is 434 g/mol. The standard InChI is InChI=1S/C27H35N3O2/c1-26-13-9-22-19(21(26)7-6-20(26)18-11-15-28-16-12-18)5-8-23-27(22,2)14-10-24(31)30(23)17-25(32)29(3)4/h6,8,11-12,15-16,19,21-22H,5,7,9-10,13-14,17H2,1-4H3/t19-,21-,22-,26+,27+/m0/s1. The van der Waals surface area contributed by atoms with Crippen molar-refractivity contribution in [2.24, 2.45) is 28.6 Å². The maximum atomic E-state index is 12.8. The number of fused-ring (bicyclic) bond motifs is 5. The number of carbonyl (C=O) groups excluding carboxylic acids is 2. The van der Waals surface area contributed by atoms with E-state index in [1.807, 2.05) is 17.3 Å². The highest BCUT2D eigenvalue weighted by Crippen LogP contribution is 2.66. The Morgan fingerprint density at radius 2 is 1.84 bits per heavy atom. The number of carbonyl (C=O) groups is 2. The van der Waals surface area contributed by atoms with E-state index in [4.69, 9.17) is 0 Å². The van der Waals surface area contributed by atoms with Crippen LogP contribution in [0.25, 0.3) is 5.57 Å². The molecule has 0 aromatic carbocycles. The van der Waals surface area contributed by atoms with Gasteiger partial charge in [0.15, 0.2) is 0 Å². The number of likely N-dealkylation sites (N-methyl/N-ethyl adjacent to an activating group) is 1. The first-order valence-corrected chi connectivity index (χ1v) is 12.1. The van der Waals surface area contributed by atoms with Crippen molar-refractivity contribution < 1.29 is 9.59 Å². The fraction of sp³-hybridized carbons (Fsp3) is 0.593. The van der Waals surface area contributed by atoms with Crippen LogP contribution in [0.3, 0.4) is 0 Å². The topological polar surface area (TPSA) is 53.5 Å². The van der Waals surface area contributed by atoms with Crippen molar-refractivity contribution in [3.8, 4) is 0 Å². The molecular formula is C27H35N3O2. The van der Waals surface area contributed by atoms with Gasteiger partial charge in [-0.15, -0.1) is 0 Å². The number of hydrogen-bond donors (Lipinski definition) is 0. The molecule has 1 saturated carbocycles. The molecule has 1 aromatic rings. The molecule has 170 valence electrons. The Bertz CT molecular complexity index is 997. The van der Waals surface area contributed by atoms with Crippen molar-refractivity contribution in [2.75, 3.05) is 20.6 Å². The summed E-state index contributed by atoms with van der Waals surface area (Å²) in [6.45, 7) is 5.00. The molecule has 5 rings (SSSR count). The lowest BCUT2D eigenvalue weighted by molar-refractivity contribution is -0.143. The minimum absolute atomic E-state index is 0.0103. The molecule has 0 bridgehead atoms. The van der Waals surface area contributed by atoms with Crippen molar-refractivity contribution in [3.05, 3.63) is 47.9 Å². The van der Waals surface area contributed by atoms with Crippen molar-refractivity contribution in [2.45, 2.75) is 52.4 Å². The van der Waals surface area contributed by atoms with E-state index in [0.717, 1.165) is 25.0 Å². The van der Waals surface area contributed by atoms with Gasteiger partial charge in [0, 0.05) is 44.0 Å². The number of pyridine rings is 1. The van der Waals surface area contributed by atoms with E-state index in [1.165, 1.54) is 24.0 Å². The Kier molecular flexibility index (Phi) is 5.06. The zero-order valence-electron chi connectivity index (χ0n) is 19.8. The summed E-state index contributed by atoms with van der Waals surface area (Å²) in [6.07, 6.45) is 14.5. The van der Waals surface area contributed by atoms with Gasteiger partial charge in [0.25, 0.3) is 0 Å². The van der Waals surface area contributed by atoms with Crippen LogP contribution in [0.5, 0.6) is 0 Å². The lowest BCUT2D eigenvalue weighted by Crippen LogP contribution is -2.55. The van der Waals surface area contributed by atoms with E-state index in [9.17, 15) is 9.59 Å². The van der Waals surface area contributed by atoms with Crippen LogP contribution >= 0.6 is 0 Å². The van der Waals surface area contributed by atoms with E-state index in [2.05, 4.69) is 43.1 Å². The second-order valence-corrected chi connectivity index (χ2v) is 10.9. The molecule has 3 aliphatic carbocycles. The van der Waals surface area contributed by atoms with Crippen LogP contribution < -0.4 is 0 Å². The molecule has 32 heavy (non-hydrogen) atoms. The van der Waals surface area contributed by atoms with Crippen LogP contribution in [0.1, 0.15) is 57.9 Å². The summed E-state index contributed by atoms with van der Waals surface area (Å²) in [4.78, 5) is 32.9. The molecule has 0 spiro atoms. The zero-order valence-corrected chi connectivity index (χ0v) is 19.8. The summed E-state index contributed by atoms with van der Waals surface area (Å²) in [5.74, 6) is 1.91. The molecule has 2 fully saturated rings. The number of hydrogen-bond acceptors (Lipinski definition) is 3. The Morgan fingerprint density at radius 1 is 1.09 bits per heavy atom. The normalized spacial score (nSPS) is 35.9. The number of amides is 2. The molecule has 0 radical (unpaired) electrons. The third-order valence-corrected chi connectivity index (χ3v) is 9.24. The fourth-order valence-electron chi connectivity index (χ4n) is 7.44. The molecule has 1 aliphatic heterocycles. The van der Waals surface area contributed by atoms with Gasteiger partial charge < -0.3 is 9.80 Å². The number of aromatic nitrogens is 1. The SMILES string of the molecule is CN(C)C(=O)CN1C(=O)CC[C@@]2(C)C1=CC[C@@H]1[C@@H]2CC[C@]2(C)C(c3ccncc3)=CC[C@@H]12. The maximum Gasteiger partial charge on any atom is 0.242 e. The summed E-state index contributed by atoms with van der Waals surface area (Å²) in [6, 6.07) is 4.30. The van der Waals surface area contributed by atoms with Crippen molar-refractivity contribution in [1.29, 1.82) is 0 Å². The molecule has 2 amide bonds. The molecular weight excluding hydrogens is 398 g/mol. The van der Waals surface area contributed by atoms with E-state index in [-0.39, 0.29) is 29.2 Å². The maximum absolute atomic E-state index is 12.8. The molecule has 2 heterocycles. The largest absolute Gasteiger partial charge is 0.347 e. The van der Waals surface area contributed by atoms with Gasteiger partial charge in [-0.05, 0) is 78.5 Å². The molecule has 5 nitrogen and oxygen atoms in total. The van der Waals surface area contributed by atoms with E-state index < -0.39 is 0 Å². The smallest absolute Gasteiger partial charge is 0.242 e. The first-order valence-electron chi connectivity index (χ1n) is 12.1. The Balaban J connectivity index is 1.45. The van der Waals surface area contributed by atoms with Gasteiger partial charge >= 0.3 is 0 Å². The van der Waals surface area contributed by atoms with E-state index in [1.54, 1.807) is 19.0 Å². The molecule has 5 atom stereocenters. The summed E-state index contributed by atoms with van der Waals surface area (Å²) in [5.41, 5.74) is 4.12. The summed E-state index contributed by atoms with van der Waals surface area (Å²) in [5, 5.41) is 0. The second-order valence-electron chi connectivity index (χ2n) is 10.9. The molecule has 1 saturated heterocycles. The van der Waals surface area contributed by atoms with Crippen LogP contribution in [-0.4, -0.2) is 47.2 Å². The van der Waals surface area contributed by atoms with Gasteiger partial charge in [0.05, 0.1) is 0 Å². The van der Waals surface area contributed by atoms with Crippen LogP contribution in [0.4, 0.5) is 0 Å². The van der Waals surface area contributed by atoms with Crippen LogP contribution in [0.2, 0.25) is 0 Å². The van der Waals surface area contributed by atoms with Crippen molar-refractivity contribution in [1.82, 2.24) is 14.8 Å². The van der Waals surface area contributed by atoms with Crippen LogP contribution in [-0.2, 0) is 9.59 Å². The minimum Gasteiger partial charge on any atom is -0.347 e. The molecule has 0 unspecified atom stereocenters. The number of piperidine rings is 1. The third kappa shape index (κ3) is 3.07. The fourth-order valence-corrected chi connectivity index (χ4v) is 7.44. The average Bonchev–Trinajstić information content (AvgIpc) is 3.13. The second kappa shape index (κ2) is 7.57. The van der Waals surface area contributed by atoms with Gasteiger partial charge in [-0.2, -0.15) is 0 Å². The highest BCUT2D eigenvalue weighted by atomic mass is 16.2. The Labute approximate surface area is 191 Å². The Morgan fingerprint density at radius 3 is 2.56 bits per heavy atom. The van der Waals surface area contributed by atoms with Gasteiger partial charge in [0.2, 0.25) is 11.8 Å². The Hall–Kier alpha value is -2.43. The predicted octanol–water partition coefficient (Wildman–Crippen LogP) is 4.52. The van der Waals surface area contributed by atoms with Gasteiger partial charge in [-0.25, -0.2) is 0 Å². The highest BCUT2D eigenvalue weighted by molar-refractivity contribution is 5.87. The van der Waals surface area contributed by atoms with Crippen LogP contribution in [0, 0.1) is 28.6 Å². The minimum atomic E-state index is -0.0236. The number of allylic oxidation sites excluding steroid dienone is 4. The molecule has 4 aliphatic rings. The lowest BCUT2D eigenvalue weighted by atomic mass is 9.49. The molecule has 5 heteroatoms. The van der Waals surface area contributed by atoms with Crippen molar-refractivity contribution in [3.63, 3.8) is 0 Å².